The maximum atomic E-state index is 13.5. The summed E-state index contributed by atoms with van der Waals surface area (Å²) < 4.78 is 33.7. The van der Waals surface area contributed by atoms with Crippen molar-refractivity contribution in [1.82, 2.24) is 5.32 Å². The molecule has 5 atom stereocenters. The summed E-state index contributed by atoms with van der Waals surface area (Å²) in [6.07, 6.45) is 3.66. The Morgan fingerprint density at radius 1 is 1.06 bits per heavy atom. The maximum Gasteiger partial charge on any atom is 0.123 e. The molecule has 2 N–H and O–H groups in total. The summed E-state index contributed by atoms with van der Waals surface area (Å²) >= 11 is 0. The molecule has 2 aliphatic rings. The number of aliphatic hydroxyl groups is 1. The number of halogens is 2. The Bertz CT molecular complexity index is 830. The van der Waals surface area contributed by atoms with Gasteiger partial charge in [-0.3, -0.25) is 0 Å². The Kier molecular flexibility index (Phi) is 6.95. The number of fused-ring (bicyclic) bond motifs is 2. The molecule has 0 aliphatic carbocycles. The Labute approximate surface area is 181 Å². The van der Waals surface area contributed by atoms with E-state index in [-0.39, 0.29) is 35.7 Å². The predicted molar refractivity (Wildman–Crippen MR) is 114 cm³/mol. The van der Waals surface area contributed by atoms with Gasteiger partial charge in [-0.1, -0.05) is 29.4 Å². The maximum absolute atomic E-state index is 13.5. The van der Waals surface area contributed by atoms with Crippen molar-refractivity contribution in [3.8, 4) is 0 Å². The fraction of sp³-hybridized carbons (Fsp3) is 0.458. The molecule has 2 fully saturated rings. The van der Waals surface area contributed by atoms with E-state index in [1.807, 2.05) is 0 Å². The average Bonchev–Trinajstić information content (AvgIpc) is 3.07. The first-order valence-electron chi connectivity index (χ1n) is 10.7. The zero-order valence-corrected chi connectivity index (χ0v) is 17.5. The number of benzene rings is 2. The van der Waals surface area contributed by atoms with Gasteiger partial charge in [-0.05, 0) is 61.1 Å². The molecule has 166 valence electrons. The van der Waals surface area contributed by atoms with Crippen molar-refractivity contribution in [2.75, 3.05) is 7.11 Å². The second-order valence-electron chi connectivity index (χ2n) is 8.30. The first kappa shape index (κ1) is 21.9. The largest absolute Gasteiger partial charge is 0.399 e. The molecule has 2 saturated heterocycles. The number of nitrogens with one attached hydrogen (secondary N) is 1. The van der Waals surface area contributed by atoms with Gasteiger partial charge < -0.3 is 20.0 Å². The molecule has 31 heavy (non-hydrogen) atoms. The van der Waals surface area contributed by atoms with E-state index in [1.165, 1.54) is 31.4 Å². The van der Waals surface area contributed by atoms with Gasteiger partial charge in [-0.25, -0.2) is 8.78 Å². The van der Waals surface area contributed by atoms with Crippen LogP contribution in [-0.4, -0.2) is 42.7 Å². The summed E-state index contributed by atoms with van der Waals surface area (Å²) in [5, 5.41) is 17.9. The van der Waals surface area contributed by atoms with Gasteiger partial charge in [0.15, 0.2) is 0 Å². The molecule has 2 aromatic rings. The lowest BCUT2D eigenvalue weighted by molar-refractivity contribution is -0.0614. The van der Waals surface area contributed by atoms with Crippen LogP contribution in [0.5, 0.6) is 0 Å². The highest BCUT2D eigenvalue weighted by atomic mass is 19.1. The van der Waals surface area contributed by atoms with Crippen LogP contribution in [0.25, 0.3) is 0 Å². The fourth-order valence-corrected chi connectivity index (χ4v) is 4.86. The number of piperidine rings is 1. The summed E-state index contributed by atoms with van der Waals surface area (Å²) in [6, 6.07) is 12.6. The van der Waals surface area contributed by atoms with Gasteiger partial charge in [0.05, 0.1) is 12.2 Å². The lowest BCUT2D eigenvalue weighted by atomic mass is 9.84. The molecule has 0 saturated carbocycles. The van der Waals surface area contributed by atoms with Crippen LogP contribution in [0, 0.1) is 17.6 Å². The minimum atomic E-state index is -0.462. The van der Waals surface area contributed by atoms with E-state index in [9.17, 15) is 13.9 Å². The molecular weight excluding hydrogens is 402 g/mol. The van der Waals surface area contributed by atoms with Crippen LogP contribution < -0.4 is 5.32 Å². The minimum absolute atomic E-state index is 0.0539. The summed E-state index contributed by atoms with van der Waals surface area (Å²) in [4.78, 5) is 4.75. The van der Waals surface area contributed by atoms with E-state index in [4.69, 9.17) is 9.57 Å². The molecule has 0 aromatic heterocycles. The summed E-state index contributed by atoms with van der Waals surface area (Å²) in [7, 11) is 1.51. The van der Waals surface area contributed by atoms with Gasteiger partial charge in [-0.2, -0.15) is 0 Å². The van der Waals surface area contributed by atoms with Crippen LogP contribution in [0.2, 0.25) is 0 Å². The number of nitrogens with zero attached hydrogens (tertiary/aromatic N) is 1. The molecule has 0 amide bonds. The zero-order valence-electron chi connectivity index (χ0n) is 17.5. The van der Waals surface area contributed by atoms with Crippen LogP contribution in [0.1, 0.15) is 42.9 Å². The third kappa shape index (κ3) is 5.11. The first-order valence-corrected chi connectivity index (χ1v) is 10.7. The summed E-state index contributed by atoms with van der Waals surface area (Å²) in [6.45, 7) is 0. The standard InChI is InChI=1S/C24H28F2N2O3/c1-30-27-12-2-3-20-22(14-19-13-21(29)23(20)28-19)31-24(15-4-8-17(25)9-5-15)16-6-10-18(26)11-7-16/h4-12,19-24,28-29H,2-3,13-14H2,1H3/t19?,20-,21?,22+,23?/m0/s1. The Balaban J connectivity index is 1.60. The van der Waals surface area contributed by atoms with Gasteiger partial charge in [0.1, 0.15) is 24.8 Å². The summed E-state index contributed by atoms with van der Waals surface area (Å²) in [5.74, 6) is -0.569. The molecule has 2 aliphatic heterocycles. The number of hydrogen-bond acceptors (Lipinski definition) is 5. The van der Waals surface area contributed by atoms with Crippen LogP contribution in [0.3, 0.4) is 0 Å². The molecule has 3 unspecified atom stereocenters. The molecule has 2 aromatic carbocycles. The zero-order chi connectivity index (χ0) is 21.8. The SMILES string of the molecule is CON=CCC[C@@H]1C2NC(CC2O)C[C@H]1OC(c1ccc(F)cc1)c1ccc(F)cc1. The van der Waals surface area contributed by atoms with Crippen molar-refractivity contribution in [3.63, 3.8) is 0 Å². The third-order valence-electron chi connectivity index (χ3n) is 6.29. The summed E-state index contributed by atoms with van der Waals surface area (Å²) in [5.41, 5.74) is 1.61. The van der Waals surface area contributed by atoms with Crippen LogP contribution in [-0.2, 0) is 9.57 Å². The number of ether oxygens (including phenoxy) is 1. The van der Waals surface area contributed by atoms with E-state index in [0.29, 0.717) is 12.8 Å². The van der Waals surface area contributed by atoms with Crippen LogP contribution in [0.4, 0.5) is 8.78 Å². The lowest BCUT2D eigenvalue weighted by Crippen LogP contribution is -2.51. The normalized spacial score (nSPS) is 27.8. The second-order valence-corrected chi connectivity index (χ2v) is 8.30. The van der Waals surface area contributed by atoms with Gasteiger partial charge in [0.25, 0.3) is 0 Å². The molecule has 0 spiro atoms. The molecular formula is C24H28F2N2O3. The van der Waals surface area contributed by atoms with Gasteiger partial charge in [-0.15, -0.1) is 0 Å². The molecule has 2 bridgehead atoms. The van der Waals surface area contributed by atoms with Gasteiger partial charge >= 0.3 is 0 Å². The highest BCUT2D eigenvalue weighted by molar-refractivity contribution is 5.56. The Morgan fingerprint density at radius 2 is 1.68 bits per heavy atom. The van der Waals surface area contributed by atoms with Crippen LogP contribution in [0.15, 0.2) is 53.7 Å². The molecule has 2 heterocycles. The quantitative estimate of drug-likeness (QED) is 0.492. The van der Waals surface area contributed by atoms with Crippen molar-refractivity contribution in [1.29, 1.82) is 0 Å². The van der Waals surface area contributed by atoms with Crippen molar-refractivity contribution < 1.29 is 23.5 Å². The molecule has 7 heteroatoms. The van der Waals surface area contributed by atoms with Gasteiger partial charge in [0.2, 0.25) is 0 Å². The average molecular weight is 430 g/mol. The fourth-order valence-electron chi connectivity index (χ4n) is 4.86. The van der Waals surface area contributed by atoms with Crippen molar-refractivity contribution in [2.24, 2.45) is 11.1 Å². The monoisotopic (exact) mass is 430 g/mol. The minimum Gasteiger partial charge on any atom is -0.399 e. The molecule has 0 radical (unpaired) electrons. The van der Waals surface area contributed by atoms with Crippen LogP contribution >= 0.6 is 0 Å². The molecule has 5 nitrogen and oxygen atoms in total. The Hall–Kier alpha value is -2.35. The van der Waals surface area contributed by atoms with Crippen molar-refractivity contribution in [3.05, 3.63) is 71.3 Å². The van der Waals surface area contributed by atoms with E-state index < -0.39 is 12.2 Å². The number of rotatable bonds is 8. The topological polar surface area (TPSA) is 63.1 Å². The predicted octanol–water partition coefficient (Wildman–Crippen LogP) is 3.96. The highest BCUT2D eigenvalue weighted by Crippen LogP contribution is 2.39. The van der Waals surface area contributed by atoms with E-state index in [2.05, 4.69) is 10.5 Å². The lowest BCUT2D eigenvalue weighted by Gasteiger charge is -2.40. The van der Waals surface area contributed by atoms with E-state index in [1.54, 1.807) is 30.5 Å². The van der Waals surface area contributed by atoms with E-state index in [0.717, 1.165) is 24.0 Å². The van der Waals surface area contributed by atoms with Crippen molar-refractivity contribution >= 4 is 6.21 Å². The first-order chi connectivity index (χ1) is 15.0. The van der Waals surface area contributed by atoms with E-state index >= 15 is 0 Å². The molecule has 4 rings (SSSR count). The second kappa shape index (κ2) is 9.85. The number of oxime groups is 1. The third-order valence-corrected chi connectivity index (χ3v) is 6.29. The number of aliphatic hydroxyl groups excluding tert-OH is 1. The smallest absolute Gasteiger partial charge is 0.123 e. The number of hydrogen-bond donors (Lipinski definition) is 2. The Morgan fingerprint density at radius 3 is 2.26 bits per heavy atom. The highest BCUT2D eigenvalue weighted by Gasteiger charge is 2.47. The van der Waals surface area contributed by atoms with Gasteiger partial charge in [0, 0.05) is 24.2 Å². The van der Waals surface area contributed by atoms with Crippen molar-refractivity contribution in [2.45, 2.75) is 56.1 Å².